The Morgan fingerprint density at radius 1 is 1.08 bits per heavy atom. The standard InChI is InChI=1S/C15H21N3O7S/c16-11-6-4-10(5-7-11)2-1-3-13(19)18-26(24,25)17-12(15(22)23)8-9-14(20)21/h4-7,12,17H,1-3,8-9,16H2,(H,18,19)(H,20,21)(H,22,23)/t12-/m0/s1. The predicted octanol–water partition coefficient (Wildman–Crippen LogP) is -0.140. The zero-order valence-electron chi connectivity index (χ0n) is 13.8. The summed E-state index contributed by atoms with van der Waals surface area (Å²) < 4.78 is 27.1. The Balaban J connectivity index is 2.48. The smallest absolute Gasteiger partial charge is 0.321 e. The monoisotopic (exact) mass is 387 g/mol. The van der Waals surface area contributed by atoms with Crippen molar-refractivity contribution in [3.05, 3.63) is 29.8 Å². The van der Waals surface area contributed by atoms with Gasteiger partial charge in [-0.25, -0.2) is 4.72 Å². The molecule has 0 radical (unpaired) electrons. The number of carboxylic acid groups (broad SMARTS) is 2. The molecule has 0 saturated carbocycles. The molecule has 0 aliphatic heterocycles. The van der Waals surface area contributed by atoms with E-state index in [-0.39, 0.29) is 6.42 Å². The highest BCUT2D eigenvalue weighted by atomic mass is 32.2. The van der Waals surface area contributed by atoms with Crippen LogP contribution < -0.4 is 15.2 Å². The molecule has 0 bridgehead atoms. The van der Waals surface area contributed by atoms with Crippen molar-refractivity contribution in [2.75, 3.05) is 5.73 Å². The van der Waals surface area contributed by atoms with Crippen molar-refractivity contribution >= 4 is 33.7 Å². The zero-order chi connectivity index (χ0) is 19.7. The van der Waals surface area contributed by atoms with Crippen molar-refractivity contribution in [3.63, 3.8) is 0 Å². The highest BCUT2D eigenvalue weighted by Gasteiger charge is 2.25. The number of anilines is 1. The summed E-state index contributed by atoms with van der Waals surface area (Å²) in [7, 11) is -4.41. The van der Waals surface area contributed by atoms with Crippen LogP contribution in [0.1, 0.15) is 31.2 Å². The van der Waals surface area contributed by atoms with Crippen LogP contribution in [0.3, 0.4) is 0 Å². The second-order valence-corrected chi connectivity index (χ2v) is 7.01. The predicted molar refractivity (Wildman–Crippen MR) is 92.3 cm³/mol. The maximum Gasteiger partial charge on any atom is 0.321 e. The molecule has 11 heteroatoms. The third kappa shape index (κ3) is 8.44. The average molecular weight is 387 g/mol. The van der Waals surface area contributed by atoms with E-state index in [4.69, 9.17) is 15.9 Å². The molecule has 1 amide bonds. The van der Waals surface area contributed by atoms with Gasteiger partial charge in [0.1, 0.15) is 6.04 Å². The van der Waals surface area contributed by atoms with Crippen LogP contribution in [0.5, 0.6) is 0 Å². The van der Waals surface area contributed by atoms with Crippen molar-refractivity contribution in [1.82, 2.24) is 9.44 Å². The number of hydrogen-bond donors (Lipinski definition) is 5. The number of rotatable bonds is 11. The quantitative estimate of drug-likeness (QED) is 0.326. The summed E-state index contributed by atoms with van der Waals surface area (Å²) in [6.45, 7) is 0. The van der Waals surface area contributed by atoms with Crippen molar-refractivity contribution in [2.45, 2.75) is 38.1 Å². The van der Waals surface area contributed by atoms with E-state index < -0.39 is 46.9 Å². The van der Waals surface area contributed by atoms with Crippen LogP contribution in [0.15, 0.2) is 24.3 Å². The Kier molecular flexibility index (Phi) is 8.00. The number of benzene rings is 1. The topological polar surface area (TPSA) is 176 Å². The molecule has 10 nitrogen and oxygen atoms in total. The number of aliphatic carboxylic acids is 2. The Morgan fingerprint density at radius 3 is 2.23 bits per heavy atom. The van der Waals surface area contributed by atoms with Gasteiger partial charge >= 0.3 is 22.1 Å². The van der Waals surface area contributed by atoms with Gasteiger partial charge in [-0.1, -0.05) is 12.1 Å². The third-order valence-electron chi connectivity index (χ3n) is 3.34. The minimum atomic E-state index is -4.41. The van der Waals surface area contributed by atoms with Crippen molar-refractivity contribution in [3.8, 4) is 0 Å². The van der Waals surface area contributed by atoms with E-state index in [0.717, 1.165) is 5.56 Å². The molecule has 1 rings (SSSR count). The van der Waals surface area contributed by atoms with E-state index in [1.54, 1.807) is 33.7 Å². The lowest BCUT2D eigenvalue weighted by Crippen LogP contribution is -2.48. The molecule has 0 unspecified atom stereocenters. The molecule has 1 aromatic rings. The molecule has 6 N–H and O–H groups in total. The van der Waals surface area contributed by atoms with Gasteiger partial charge in [0, 0.05) is 18.5 Å². The summed E-state index contributed by atoms with van der Waals surface area (Å²) in [6, 6.07) is 5.38. The van der Waals surface area contributed by atoms with E-state index >= 15 is 0 Å². The van der Waals surface area contributed by atoms with Gasteiger partial charge in [0.05, 0.1) is 0 Å². The number of nitrogens with two attached hydrogens (primary N) is 1. The molecule has 26 heavy (non-hydrogen) atoms. The third-order valence-corrected chi connectivity index (χ3v) is 4.43. The molecule has 0 fully saturated rings. The first-order chi connectivity index (χ1) is 12.1. The van der Waals surface area contributed by atoms with Crippen molar-refractivity contribution in [2.24, 2.45) is 0 Å². The summed E-state index contributed by atoms with van der Waals surface area (Å²) in [5.41, 5.74) is 7.11. The van der Waals surface area contributed by atoms with Gasteiger partial charge in [-0.2, -0.15) is 13.1 Å². The molecule has 1 aromatic carbocycles. The van der Waals surface area contributed by atoms with E-state index in [1.165, 1.54) is 0 Å². The highest BCUT2D eigenvalue weighted by molar-refractivity contribution is 7.88. The molecule has 0 saturated heterocycles. The van der Waals surface area contributed by atoms with Crippen molar-refractivity contribution < 1.29 is 33.0 Å². The second kappa shape index (κ2) is 9.73. The number of carbonyl (C=O) groups excluding carboxylic acids is 1. The van der Waals surface area contributed by atoms with Gasteiger partial charge in [0.25, 0.3) is 0 Å². The van der Waals surface area contributed by atoms with E-state index in [1.807, 2.05) is 0 Å². The Bertz CT molecular complexity index is 747. The minimum Gasteiger partial charge on any atom is -0.481 e. The van der Waals surface area contributed by atoms with Crippen LogP contribution in [-0.4, -0.2) is 42.5 Å². The maximum absolute atomic E-state index is 11.8. The summed E-state index contributed by atoms with van der Waals surface area (Å²) in [5.74, 6) is -3.59. The maximum atomic E-state index is 11.8. The Hall–Kier alpha value is -2.66. The molecular formula is C15H21N3O7S. The average Bonchev–Trinajstić information content (AvgIpc) is 2.52. The molecular weight excluding hydrogens is 366 g/mol. The fraction of sp³-hybridized carbons (Fsp3) is 0.400. The van der Waals surface area contributed by atoms with Gasteiger partial charge in [0.2, 0.25) is 5.91 Å². The van der Waals surface area contributed by atoms with Crippen LogP contribution in [0.25, 0.3) is 0 Å². The van der Waals surface area contributed by atoms with Crippen molar-refractivity contribution in [1.29, 1.82) is 0 Å². The van der Waals surface area contributed by atoms with Gasteiger partial charge < -0.3 is 15.9 Å². The number of nitrogen functional groups attached to an aromatic ring is 1. The first-order valence-corrected chi connectivity index (χ1v) is 9.19. The van der Waals surface area contributed by atoms with Gasteiger partial charge in [-0.15, -0.1) is 0 Å². The summed E-state index contributed by atoms with van der Waals surface area (Å²) in [5, 5.41) is 17.5. The molecule has 0 spiro atoms. The highest BCUT2D eigenvalue weighted by Crippen LogP contribution is 2.09. The summed E-state index contributed by atoms with van der Waals surface area (Å²) in [4.78, 5) is 33.2. The molecule has 0 aliphatic carbocycles. The lowest BCUT2D eigenvalue weighted by molar-refractivity contribution is -0.140. The second-order valence-electron chi connectivity index (χ2n) is 5.56. The van der Waals surface area contributed by atoms with E-state index in [9.17, 15) is 22.8 Å². The Labute approximate surface area is 150 Å². The van der Waals surface area contributed by atoms with Crippen LogP contribution in [-0.2, 0) is 31.0 Å². The summed E-state index contributed by atoms with van der Waals surface area (Å²) in [6.07, 6.45) is -0.145. The normalized spacial score (nSPS) is 12.3. The van der Waals surface area contributed by atoms with E-state index in [0.29, 0.717) is 18.5 Å². The van der Waals surface area contributed by atoms with Crippen LogP contribution >= 0.6 is 0 Å². The van der Waals surface area contributed by atoms with Crippen LogP contribution in [0, 0.1) is 0 Å². The van der Waals surface area contributed by atoms with E-state index in [2.05, 4.69) is 0 Å². The van der Waals surface area contributed by atoms with Gasteiger partial charge in [-0.3, -0.25) is 14.4 Å². The molecule has 1 atom stereocenters. The summed E-state index contributed by atoms with van der Waals surface area (Å²) >= 11 is 0. The number of carbonyl (C=O) groups is 3. The van der Waals surface area contributed by atoms with Gasteiger partial charge in [-0.05, 0) is 37.0 Å². The van der Waals surface area contributed by atoms with Crippen LogP contribution in [0.2, 0.25) is 0 Å². The fourth-order valence-corrected chi connectivity index (χ4v) is 3.11. The lowest BCUT2D eigenvalue weighted by Gasteiger charge is -2.14. The molecule has 0 heterocycles. The molecule has 0 aliphatic rings. The van der Waals surface area contributed by atoms with Gasteiger partial charge in [0.15, 0.2) is 0 Å². The molecule has 144 valence electrons. The number of nitrogens with one attached hydrogen (secondary N) is 2. The number of hydrogen-bond acceptors (Lipinski definition) is 6. The van der Waals surface area contributed by atoms with Crippen LogP contribution in [0.4, 0.5) is 5.69 Å². The SMILES string of the molecule is Nc1ccc(CCCC(=O)NS(=O)(=O)N[C@@H](CCC(=O)O)C(=O)O)cc1. The zero-order valence-corrected chi connectivity index (χ0v) is 14.7. The minimum absolute atomic E-state index is 0.0852. The Morgan fingerprint density at radius 2 is 1.69 bits per heavy atom. The fourth-order valence-electron chi connectivity index (χ4n) is 2.06. The largest absolute Gasteiger partial charge is 0.481 e. The first kappa shape index (κ1) is 21.4. The number of carboxylic acids is 2. The first-order valence-electron chi connectivity index (χ1n) is 7.71. The number of aryl methyl sites for hydroxylation is 1. The molecule has 0 aromatic heterocycles. The number of amides is 1. The lowest BCUT2D eigenvalue weighted by atomic mass is 10.1.